The molecule has 2 rings (SSSR count). The number of methoxy groups -OCH3 is 1. The van der Waals surface area contributed by atoms with Gasteiger partial charge in [-0.2, -0.15) is 13.2 Å². The molecule has 0 aliphatic carbocycles. The van der Waals surface area contributed by atoms with Crippen molar-refractivity contribution in [1.29, 1.82) is 0 Å². The highest BCUT2D eigenvalue weighted by Crippen LogP contribution is 2.34. The fourth-order valence-corrected chi connectivity index (χ4v) is 3.08. The molecule has 1 saturated heterocycles. The van der Waals surface area contributed by atoms with E-state index in [1.54, 1.807) is 0 Å². The van der Waals surface area contributed by atoms with Crippen LogP contribution in [0.5, 0.6) is 5.75 Å². The van der Waals surface area contributed by atoms with Crippen molar-refractivity contribution in [2.75, 3.05) is 26.7 Å². The molecule has 1 aromatic carbocycles. The van der Waals surface area contributed by atoms with Gasteiger partial charge in [0.15, 0.2) is 5.96 Å². The number of benzene rings is 1. The summed E-state index contributed by atoms with van der Waals surface area (Å²) in [5, 5.41) is 3.02. The van der Waals surface area contributed by atoms with Crippen molar-refractivity contribution in [1.82, 2.24) is 10.2 Å². The number of nitrogens with two attached hydrogens (primary N) is 1. The van der Waals surface area contributed by atoms with Crippen LogP contribution in [0.4, 0.5) is 13.2 Å². The van der Waals surface area contributed by atoms with Crippen LogP contribution >= 0.6 is 0 Å². The number of hydrogen-bond donors (Lipinski definition) is 2. The molecule has 0 aromatic heterocycles. The number of aliphatic imine (C=N–C) groups is 1. The number of likely N-dealkylation sites (N-methyl/N-ethyl adjacent to an activating group) is 1. The highest BCUT2D eigenvalue weighted by Gasteiger charge is 2.33. The normalized spacial score (nSPS) is 19.2. The Morgan fingerprint density at radius 3 is 2.84 bits per heavy atom. The molecule has 0 bridgehead atoms. The quantitative estimate of drug-likeness (QED) is 0.606. The Hall–Kier alpha value is -1.96. The van der Waals surface area contributed by atoms with Crippen molar-refractivity contribution in [2.45, 2.75) is 38.5 Å². The minimum absolute atomic E-state index is 0.0640. The van der Waals surface area contributed by atoms with Gasteiger partial charge in [-0.1, -0.05) is 13.0 Å². The number of nitrogens with one attached hydrogen (secondary N) is 1. The molecule has 1 atom stereocenters. The van der Waals surface area contributed by atoms with Gasteiger partial charge in [0.25, 0.3) is 0 Å². The van der Waals surface area contributed by atoms with Gasteiger partial charge in [-0.05, 0) is 43.6 Å². The first-order valence-corrected chi connectivity index (χ1v) is 8.37. The van der Waals surface area contributed by atoms with Gasteiger partial charge in [-0.25, -0.2) is 4.99 Å². The van der Waals surface area contributed by atoms with Gasteiger partial charge in [0.2, 0.25) is 0 Å². The Labute approximate surface area is 146 Å². The van der Waals surface area contributed by atoms with Crippen molar-refractivity contribution >= 4 is 5.96 Å². The summed E-state index contributed by atoms with van der Waals surface area (Å²) in [6.45, 7) is 4.67. The van der Waals surface area contributed by atoms with Gasteiger partial charge < -0.3 is 15.8 Å². The second-order valence-electron chi connectivity index (χ2n) is 6.03. The third kappa shape index (κ3) is 5.26. The zero-order valence-corrected chi connectivity index (χ0v) is 14.6. The van der Waals surface area contributed by atoms with Gasteiger partial charge in [0.05, 0.1) is 19.2 Å². The minimum atomic E-state index is -4.47. The van der Waals surface area contributed by atoms with Gasteiger partial charge >= 0.3 is 6.18 Å². The Kier molecular flexibility index (Phi) is 6.52. The van der Waals surface area contributed by atoms with E-state index >= 15 is 0 Å². The molecule has 8 heteroatoms. The number of nitrogens with zero attached hydrogens (tertiary/aromatic N) is 2. The molecule has 1 heterocycles. The minimum Gasteiger partial charge on any atom is -0.497 e. The molecule has 5 nitrogen and oxygen atoms in total. The molecule has 1 unspecified atom stereocenters. The smallest absolute Gasteiger partial charge is 0.416 e. The molecular formula is C17H25F3N4O. The molecule has 1 aromatic rings. The molecule has 25 heavy (non-hydrogen) atoms. The molecule has 1 fully saturated rings. The second kappa shape index (κ2) is 8.42. The van der Waals surface area contributed by atoms with Crippen LogP contribution in [-0.2, 0) is 12.7 Å². The molecule has 1 aliphatic rings. The standard InChI is InChI=1S/C17H25F3N4O/c1-3-24-8-4-5-13(24)11-23-16(21)22-10-12-6-7-14(25-2)9-15(12)17(18,19)20/h6-7,9,13H,3-5,8,10-11H2,1-2H3,(H3,21,22,23). The topological polar surface area (TPSA) is 62.9 Å². The molecule has 0 spiro atoms. The molecule has 0 radical (unpaired) electrons. The van der Waals surface area contributed by atoms with Gasteiger partial charge in [0.1, 0.15) is 5.75 Å². The van der Waals surface area contributed by atoms with Crippen LogP contribution in [0, 0.1) is 0 Å². The van der Waals surface area contributed by atoms with E-state index in [-0.39, 0.29) is 23.8 Å². The van der Waals surface area contributed by atoms with E-state index in [1.807, 2.05) is 0 Å². The van der Waals surface area contributed by atoms with E-state index in [4.69, 9.17) is 10.5 Å². The SMILES string of the molecule is CCN1CCCC1CNC(N)=NCc1ccc(OC)cc1C(F)(F)F. The summed E-state index contributed by atoms with van der Waals surface area (Å²) >= 11 is 0. The maximum Gasteiger partial charge on any atom is 0.416 e. The average Bonchev–Trinajstić information content (AvgIpc) is 3.04. The van der Waals surface area contributed by atoms with E-state index in [1.165, 1.54) is 19.2 Å². The lowest BCUT2D eigenvalue weighted by Crippen LogP contribution is -2.42. The van der Waals surface area contributed by atoms with E-state index < -0.39 is 11.7 Å². The third-order valence-electron chi connectivity index (χ3n) is 4.47. The summed E-state index contributed by atoms with van der Waals surface area (Å²) < 4.78 is 44.4. The summed E-state index contributed by atoms with van der Waals surface area (Å²) in [6.07, 6.45) is -2.23. The largest absolute Gasteiger partial charge is 0.497 e. The van der Waals surface area contributed by atoms with Crippen LogP contribution in [0.25, 0.3) is 0 Å². The van der Waals surface area contributed by atoms with E-state index in [0.717, 1.165) is 32.0 Å². The zero-order chi connectivity index (χ0) is 18.4. The third-order valence-corrected chi connectivity index (χ3v) is 4.47. The van der Waals surface area contributed by atoms with Crippen LogP contribution in [0.2, 0.25) is 0 Å². The van der Waals surface area contributed by atoms with Gasteiger partial charge in [-0.15, -0.1) is 0 Å². The molecular weight excluding hydrogens is 333 g/mol. The first-order valence-electron chi connectivity index (χ1n) is 8.37. The lowest BCUT2D eigenvalue weighted by Gasteiger charge is -2.23. The predicted molar refractivity (Wildman–Crippen MR) is 91.6 cm³/mol. The summed E-state index contributed by atoms with van der Waals surface area (Å²) in [5.41, 5.74) is 5.13. The summed E-state index contributed by atoms with van der Waals surface area (Å²) in [4.78, 5) is 6.41. The first kappa shape index (κ1) is 19.4. The van der Waals surface area contributed by atoms with Crippen LogP contribution in [0.1, 0.15) is 30.9 Å². The summed E-state index contributed by atoms with van der Waals surface area (Å²) in [5.74, 6) is 0.318. The number of alkyl halides is 3. The van der Waals surface area contributed by atoms with E-state index in [0.29, 0.717) is 12.6 Å². The van der Waals surface area contributed by atoms with E-state index in [2.05, 4.69) is 22.1 Å². The van der Waals surface area contributed by atoms with Gasteiger partial charge in [0, 0.05) is 12.6 Å². The van der Waals surface area contributed by atoms with Crippen molar-refractivity contribution in [3.05, 3.63) is 29.3 Å². The molecule has 140 valence electrons. The predicted octanol–water partition coefficient (Wildman–Crippen LogP) is 2.60. The summed E-state index contributed by atoms with van der Waals surface area (Å²) in [6, 6.07) is 4.23. The monoisotopic (exact) mass is 358 g/mol. The maximum absolute atomic E-state index is 13.2. The Balaban J connectivity index is 2.00. The number of ether oxygens (including phenoxy) is 1. The van der Waals surface area contributed by atoms with Crippen molar-refractivity contribution in [3.63, 3.8) is 0 Å². The number of guanidine groups is 1. The lowest BCUT2D eigenvalue weighted by atomic mass is 10.1. The van der Waals surface area contributed by atoms with Crippen molar-refractivity contribution < 1.29 is 17.9 Å². The number of halogens is 3. The maximum atomic E-state index is 13.2. The lowest BCUT2D eigenvalue weighted by molar-refractivity contribution is -0.138. The number of hydrogen-bond acceptors (Lipinski definition) is 3. The highest BCUT2D eigenvalue weighted by atomic mass is 19.4. The molecule has 0 amide bonds. The second-order valence-corrected chi connectivity index (χ2v) is 6.03. The van der Waals surface area contributed by atoms with Crippen LogP contribution < -0.4 is 15.8 Å². The Morgan fingerprint density at radius 2 is 2.20 bits per heavy atom. The Bertz CT molecular complexity index is 604. The fraction of sp³-hybridized carbons (Fsp3) is 0.588. The summed E-state index contributed by atoms with van der Waals surface area (Å²) in [7, 11) is 1.33. The van der Waals surface area contributed by atoms with Crippen LogP contribution in [-0.4, -0.2) is 43.6 Å². The Morgan fingerprint density at radius 1 is 1.44 bits per heavy atom. The molecule has 0 saturated carbocycles. The number of likely N-dealkylation sites (tertiary alicyclic amines) is 1. The fourth-order valence-electron chi connectivity index (χ4n) is 3.08. The van der Waals surface area contributed by atoms with Crippen LogP contribution in [0.3, 0.4) is 0 Å². The average molecular weight is 358 g/mol. The van der Waals surface area contributed by atoms with Crippen molar-refractivity contribution in [2.24, 2.45) is 10.7 Å². The van der Waals surface area contributed by atoms with Crippen molar-refractivity contribution in [3.8, 4) is 5.75 Å². The van der Waals surface area contributed by atoms with Crippen LogP contribution in [0.15, 0.2) is 23.2 Å². The molecule has 3 N–H and O–H groups in total. The number of rotatable bonds is 6. The highest BCUT2D eigenvalue weighted by molar-refractivity contribution is 5.77. The van der Waals surface area contributed by atoms with Gasteiger partial charge in [-0.3, -0.25) is 4.90 Å². The first-order chi connectivity index (χ1) is 11.8. The van der Waals surface area contributed by atoms with E-state index in [9.17, 15) is 13.2 Å². The zero-order valence-electron chi connectivity index (χ0n) is 14.6. The molecule has 1 aliphatic heterocycles.